The van der Waals surface area contributed by atoms with E-state index in [0.717, 1.165) is 24.1 Å². The minimum atomic E-state index is -0.0274. The maximum atomic E-state index is 13.3. The van der Waals surface area contributed by atoms with Crippen molar-refractivity contribution in [2.75, 3.05) is 32.7 Å². The minimum absolute atomic E-state index is 0.0274. The SMILES string of the molecule is CC(C)CN1CCC2(CC1)CN(Cc1ccc(C(=O)N(Cc3ncc[nH]3)Cc3ncc[nH]3)cc1)C2. The Morgan fingerprint density at radius 2 is 1.57 bits per heavy atom. The zero-order valence-corrected chi connectivity index (χ0v) is 20.9. The number of aromatic amines is 2. The van der Waals surface area contributed by atoms with Crippen molar-refractivity contribution in [1.29, 1.82) is 0 Å². The summed E-state index contributed by atoms with van der Waals surface area (Å²) in [6, 6.07) is 8.10. The van der Waals surface area contributed by atoms with Gasteiger partial charge in [-0.25, -0.2) is 9.97 Å². The largest absolute Gasteiger partial charge is 0.347 e. The van der Waals surface area contributed by atoms with Crippen LogP contribution in [0.4, 0.5) is 0 Å². The van der Waals surface area contributed by atoms with Gasteiger partial charge >= 0.3 is 0 Å². The lowest BCUT2D eigenvalue weighted by molar-refractivity contribution is -0.0524. The first kappa shape index (κ1) is 23.8. The second-order valence-corrected chi connectivity index (χ2v) is 10.8. The molecule has 2 N–H and O–H groups in total. The molecule has 0 atom stereocenters. The third-order valence-electron chi connectivity index (χ3n) is 7.34. The molecule has 35 heavy (non-hydrogen) atoms. The lowest BCUT2D eigenvalue weighted by Crippen LogP contribution is -2.59. The van der Waals surface area contributed by atoms with E-state index in [1.807, 2.05) is 12.1 Å². The Bertz CT molecular complexity index is 1020. The molecule has 8 heteroatoms. The molecule has 3 aromatic rings. The van der Waals surface area contributed by atoms with Crippen LogP contribution in [-0.4, -0.2) is 73.3 Å². The molecule has 0 bridgehead atoms. The molecular formula is C27H37N7O. The van der Waals surface area contributed by atoms with Crippen LogP contribution in [0.15, 0.2) is 49.1 Å². The lowest BCUT2D eigenvalue weighted by Gasteiger charge is -2.54. The summed E-state index contributed by atoms with van der Waals surface area (Å²) in [5.74, 6) is 2.23. The highest BCUT2D eigenvalue weighted by atomic mass is 16.2. The molecule has 0 aliphatic carbocycles. The van der Waals surface area contributed by atoms with E-state index in [4.69, 9.17) is 0 Å². The second kappa shape index (κ2) is 10.3. The predicted molar refractivity (Wildman–Crippen MR) is 135 cm³/mol. The predicted octanol–water partition coefficient (Wildman–Crippen LogP) is 3.53. The quantitative estimate of drug-likeness (QED) is 0.495. The van der Waals surface area contributed by atoms with Crippen LogP contribution < -0.4 is 0 Å². The van der Waals surface area contributed by atoms with Crippen LogP contribution in [0.3, 0.4) is 0 Å². The third-order valence-corrected chi connectivity index (χ3v) is 7.34. The van der Waals surface area contributed by atoms with E-state index in [0.29, 0.717) is 24.1 Å². The molecule has 0 saturated carbocycles. The van der Waals surface area contributed by atoms with Gasteiger partial charge < -0.3 is 19.8 Å². The van der Waals surface area contributed by atoms with Crippen LogP contribution in [0, 0.1) is 11.3 Å². The lowest BCUT2D eigenvalue weighted by atomic mass is 9.72. The van der Waals surface area contributed by atoms with Crippen LogP contribution in [-0.2, 0) is 19.6 Å². The summed E-state index contributed by atoms with van der Waals surface area (Å²) < 4.78 is 0. The summed E-state index contributed by atoms with van der Waals surface area (Å²) in [6.45, 7) is 12.5. The fourth-order valence-corrected chi connectivity index (χ4v) is 5.58. The summed E-state index contributed by atoms with van der Waals surface area (Å²) in [6.07, 6.45) is 9.60. The molecule has 1 aromatic carbocycles. The number of nitrogens with one attached hydrogen (secondary N) is 2. The number of amides is 1. The van der Waals surface area contributed by atoms with E-state index in [1.165, 1.54) is 51.1 Å². The van der Waals surface area contributed by atoms with Gasteiger partial charge in [-0.2, -0.15) is 0 Å². The number of carbonyl (C=O) groups is 1. The number of piperidine rings is 1. The number of hydrogen-bond acceptors (Lipinski definition) is 5. The van der Waals surface area contributed by atoms with E-state index in [9.17, 15) is 4.79 Å². The van der Waals surface area contributed by atoms with Gasteiger partial charge in [0.05, 0.1) is 13.1 Å². The van der Waals surface area contributed by atoms with Crippen molar-refractivity contribution in [2.24, 2.45) is 11.3 Å². The molecule has 2 saturated heterocycles. The number of likely N-dealkylation sites (tertiary alicyclic amines) is 2. The highest BCUT2D eigenvalue weighted by Crippen LogP contribution is 2.41. The third kappa shape index (κ3) is 5.82. The number of aromatic nitrogens is 4. The van der Waals surface area contributed by atoms with Gasteiger partial charge in [0.15, 0.2) is 0 Å². The highest BCUT2D eigenvalue weighted by Gasteiger charge is 2.44. The topological polar surface area (TPSA) is 84.2 Å². The van der Waals surface area contributed by atoms with Gasteiger partial charge in [0.1, 0.15) is 11.6 Å². The van der Waals surface area contributed by atoms with Crippen LogP contribution in [0.1, 0.15) is 54.3 Å². The molecule has 186 valence electrons. The van der Waals surface area contributed by atoms with Gasteiger partial charge in [-0.3, -0.25) is 9.69 Å². The minimum Gasteiger partial charge on any atom is -0.347 e. The van der Waals surface area contributed by atoms with Crippen molar-refractivity contribution in [2.45, 2.75) is 46.3 Å². The van der Waals surface area contributed by atoms with Crippen molar-refractivity contribution in [3.63, 3.8) is 0 Å². The van der Waals surface area contributed by atoms with E-state index in [-0.39, 0.29) is 5.91 Å². The van der Waals surface area contributed by atoms with Gasteiger partial charge in [-0.15, -0.1) is 0 Å². The first-order valence-electron chi connectivity index (χ1n) is 12.8. The second-order valence-electron chi connectivity index (χ2n) is 10.8. The molecule has 0 unspecified atom stereocenters. The standard InChI is InChI=1S/C27H37N7O/c1-21(2)15-32-13-7-27(8-14-32)19-33(20-27)16-22-3-5-23(6-4-22)26(35)34(17-24-28-9-10-29-24)18-25-30-11-12-31-25/h3-6,9-12,21H,7-8,13-20H2,1-2H3,(H,28,29)(H,30,31). The molecule has 1 spiro atoms. The van der Waals surface area contributed by atoms with Gasteiger partial charge in [0.2, 0.25) is 0 Å². The Kier molecular flexibility index (Phi) is 7.02. The van der Waals surface area contributed by atoms with E-state index in [2.05, 4.69) is 55.7 Å². The number of H-pyrrole nitrogens is 2. The Morgan fingerprint density at radius 3 is 2.09 bits per heavy atom. The van der Waals surface area contributed by atoms with Crippen LogP contribution in [0.5, 0.6) is 0 Å². The monoisotopic (exact) mass is 475 g/mol. The maximum Gasteiger partial charge on any atom is 0.254 e. The number of nitrogens with zero attached hydrogens (tertiary/aromatic N) is 5. The number of hydrogen-bond donors (Lipinski definition) is 2. The smallest absolute Gasteiger partial charge is 0.254 e. The summed E-state index contributed by atoms with van der Waals surface area (Å²) in [5, 5.41) is 0. The molecular weight excluding hydrogens is 438 g/mol. The molecule has 8 nitrogen and oxygen atoms in total. The molecule has 1 amide bonds. The Balaban J connectivity index is 1.15. The first-order valence-corrected chi connectivity index (χ1v) is 12.8. The fourth-order valence-electron chi connectivity index (χ4n) is 5.58. The van der Waals surface area contributed by atoms with Crippen molar-refractivity contribution in [1.82, 2.24) is 34.6 Å². The first-order chi connectivity index (χ1) is 17.0. The summed E-state index contributed by atoms with van der Waals surface area (Å²) in [4.78, 5) is 35.0. The number of carbonyl (C=O) groups excluding carboxylic acids is 1. The zero-order chi connectivity index (χ0) is 24.3. The average Bonchev–Trinajstić information content (AvgIpc) is 3.53. The highest BCUT2D eigenvalue weighted by molar-refractivity contribution is 5.94. The van der Waals surface area contributed by atoms with Crippen LogP contribution in [0.2, 0.25) is 0 Å². The van der Waals surface area contributed by atoms with Gasteiger partial charge in [-0.1, -0.05) is 26.0 Å². The summed E-state index contributed by atoms with van der Waals surface area (Å²) in [5.41, 5.74) is 2.48. The zero-order valence-electron chi connectivity index (χ0n) is 20.9. The van der Waals surface area contributed by atoms with Gasteiger partial charge in [-0.05, 0) is 55.0 Å². The Morgan fingerprint density at radius 1 is 0.971 bits per heavy atom. The molecule has 0 radical (unpaired) electrons. The van der Waals surface area contributed by atoms with Gasteiger partial charge in [0.25, 0.3) is 5.91 Å². The normalized spacial score (nSPS) is 18.1. The Labute approximate surface area is 207 Å². The Hall–Kier alpha value is -2.97. The fraction of sp³-hybridized carbons (Fsp3) is 0.519. The van der Waals surface area contributed by atoms with Crippen molar-refractivity contribution in [3.05, 3.63) is 71.8 Å². The summed E-state index contributed by atoms with van der Waals surface area (Å²) >= 11 is 0. The van der Waals surface area contributed by atoms with Crippen molar-refractivity contribution >= 4 is 5.91 Å². The average molecular weight is 476 g/mol. The summed E-state index contributed by atoms with van der Waals surface area (Å²) in [7, 11) is 0. The molecule has 4 heterocycles. The maximum absolute atomic E-state index is 13.3. The van der Waals surface area contributed by atoms with Crippen molar-refractivity contribution < 1.29 is 4.79 Å². The van der Waals surface area contributed by atoms with Gasteiger partial charge in [0, 0.05) is 56.5 Å². The van der Waals surface area contributed by atoms with Crippen molar-refractivity contribution in [3.8, 4) is 0 Å². The number of benzene rings is 1. The molecule has 2 aliphatic rings. The number of imidazole rings is 2. The van der Waals surface area contributed by atoms with E-state index >= 15 is 0 Å². The van der Waals surface area contributed by atoms with Crippen LogP contribution in [0.25, 0.3) is 0 Å². The molecule has 2 aromatic heterocycles. The number of rotatable bonds is 9. The van der Waals surface area contributed by atoms with Crippen LogP contribution >= 0.6 is 0 Å². The molecule has 5 rings (SSSR count). The molecule has 2 fully saturated rings. The molecule has 2 aliphatic heterocycles. The van der Waals surface area contributed by atoms with E-state index < -0.39 is 0 Å². The van der Waals surface area contributed by atoms with E-state index in [1.54, 1.807) is 29.7 Å².